The van der Waals surface area contributed by atoms with Gasteiger partial charge in [-0.3, -0.25) is 0 Å². The maximum atomic E-state index is 9.57. The van der Waals surface area contributed by atoms with Crippen LogP contribution in [0.1, 0.15) is 25.0 Å². The van der Waals surface area contributed by atoms with Crippen molar-refractivity contribution in [2.24, 2.45) is 0 Å². The first-order chi connectivity index (χ1) is 9.19. The zero-order valence-corrected chi connectivity index (χ0v) is 11.3. The van der Waals surface area contributed by atoms with Crippen LogP contribution in [0.5, 0.6) is 12.0 Å². The van der Waals surface area contributed by atoms with Crippen molar-refractivity contribution in [3.05, 3.63) is 29.3 Å². The lowest BCUT2D eigenvalue weighted by Gasteiger charge is -2.12. The fourth-order valence-electron chi connectivity index (χ4n) is 2.08. The van der Waals surface area contributed by atoms with Crippen LogP contribution in [0.15, 0.2) is 18.2 Å². The Kier molecular flexibility index (Phi) is 3.94. The van der Waals surface area contributed by atoms with Crippen molar-refractivity contribution in [2.45, 2.75) is 26.7 Å². The Labute approximate surface area is 112 Å². The van der Waals surface area contributed by atoms with E-state index >= 15 is 0 Å². The molecule has 5 nitrogen and oxygen atoms in total. The van der Waals surface area contributed by atoms with Crippen molar-refractivity contribution in [3.8, 4) is 23.4 Å². The lowest BCUT2D eigenvalue weighted by Crippen LogP contribution is -2.02. The van der Waals surface area contributed by atoms with E-state index in [2.05, 4.69) is 28.8 Å². The van der Waals surface area contributed by atoms with Gasteiger partial charge in [-0.05, 0) is 24.0 Å². The standard InChI is InChI=1S/C14H17N3O2/c1-4-9-7-6-8-10(5-2)11(9)12-15-13(18)17-14(16-12)19-3/h6-8H,4-5H2,1-3H3,(H,15,16,17,18). The summed E-state index contributed by atoms with van der Waals surface area (Å²) >= 11 is 0. The first-order valence-corrected chi connectivity index (χ1v) is 6.29. The van der Waals surface area contributed by atoms with Crippen LogP contribution in [0.4, 0.5) is 0 Å². The number of aromatic nitrogens is 3. The van der Waals surface area contributed by atoms with Crippen molar-refractivity contribution in [2.75, 3.05) is 7.11 Å². The predicted molar refractivity (Wildman–Crippen MR) is 72.2 cm³/mol. The molecule has 0 bridgehead atoms. The van der Waals surface area contributed by atoms with Gasteiger partial charge in [-0.15, -0.1) is 4.98 Å². The van der Waals surface area contributed by atoms with Crippen molar-refractivity contribution < 1.29 is 9.84 Å². The summed E-state index contributed by atoms with van der Waals surface area (Å²) in [5, 5.41) is 9.57. The Morgan fingerprint density at radius 1 is 1.05 bits per heavy atom. The molecule has 0 unspecified atom stereocenters. The van der Waals surface area contributed by atoms with Gasteiger partial charge in [-0.1, -0.05) is 32.0 Å². The van der Waals surface area contributed by atoms with E-state index in [0.717, 1.165) is 29.5 Å². The largest absolute Gasteiger partial charge is 0.479 e. The first kappa shape index (κ1) is 13.3. The molecule has 0 spiro atoms. The molecule has 19 heavy (non-hydrogen) atoms. The average Bonchev–Trinajstić information content (AvgIpc) is 2.45. The summed E-state index contributed by atoms with van der Waals surface area (Å²) in [4.78, 5) is 12.0. The van der Waals surface area contributed by atoms with Gasteiger partial charge in [-0.25, -0.2) is 0 Å². The molecule has 1 N–H and O–H groups in total. The summed E-state index contributed by atoms with van der Waals surface area (Å²) in [6.07, 6.45) is 1.75. The molecule has 5 heteroatoms. The van der Waals surface area contributed by atoms with Crippen LogP contribution in [-0.2, 0) is 12.8 Å². The fraction of sp³-hybridized carbons (Fsp3) is 0.357. The summed E-state index contributed by atoms with van der Waals surface area (Å²) in [7, 11) is 1.46. The number of aryl methyl sites for hydroxylation is 2. The number of benzene rings is 1. The molecule has 0 aliphatic rings. The minimum absolute atomic E-state index is 0.121. The Balaban J connectivity index is 2.66. The van der Waals surface area contributed by atoms with E-state index in [9.17, 15) is 5.11 Å². The van der Waals surface area contributed by atoms with Crippen LogP contribution in [-0.4, -0.2) is 27.2 Å². The third kappa shape index (κ3) is 2.65. The molecule has 0 saturated heterocycles. The SMILES string of the molecule is CCc1cccc(CC)c1-c1nc(O)nc(OC)n1. The Hall–Kier alpha value is -2.17. The van der Waals surface area contributed by atoms with Gasteiger partial charge in [0.15, 0.2) is 5.82 Å². The summed E-state index contributed by atoms with van der Waals surface area (Å²) in [6, 6.07) is 5.91. The zero-order valence-electron chi connectivity index (χ0n) is 11.3. The molecular formula is C14H17N3O2. The van der Waals surface area contributed by atoms with E-state index in [1.54, 1.807) is 0 Å². The second kappa shape index (κ2) is 5.65. The van der Waals surface area contributed by atoms with Crippen LogP contribution in [0.3, 0.4) is 0 Å². The summed E-state index contributed by atoms with van der Waals surface area (Å²) in [6.45, 7) is 4.16. The smallest absolute Gasteiger partial charge is 0.322 e. The highest BCUT2D eigenvalue weighted by Gasteiger charge is 2.14. The monoisotopic (exact) mass is 259 g/mol. The minimum atomic E-state index is -0.324. The molecule has 1 heterocycles. The lowest BCUT2D eigenvalue weighted by molar-refractivity contribution is 0.356. The van der Waals surface area contributed by atoms with Gasteiger partial charge in [0.05, 0.1) is 7.11 Å². The molecule has 2 rings (SSSR count). The van der Waals surface area contributed by atoms with Gasteiger partial charge in [-0.2, -0.15) is 9.97 Å². The van der Waals surface area contributed by atoms with E-state index in [1.807, 2.05) is 18.2 Å². The number of methoxy groups -OCH3 is 1. The van der Waals surface area contributed by atoms with Crippen molar-refractivity contribution >= 4 is 0 Å². The van der Waals surface area contributed by atoms with Crippen LogP contribution in [0.2, 0.25) is 0 Å². The van der Waals surface area contributed by atoms with Crippen molar-refractivity contribution in [3.63, 3.8) is 0 Å². The predicted octanol–water partition coefficient (Wildman–Crippen LogP) is 2.38. The van der Waals surface area contributed by atoms with Crippen LogP contribution >= 0.6 is 0 Å². The lowest BCUT2D eigenvalue weighted by atomic mass is 9.97. The molecule has 2 aromatic rings. The molecule has 0 aliphatic heterocycles. The van der Waals surface area contributed by atoms with Gasteiger partial charge in [0.2, 0.25) is 0 Å². The number of aromatic hydroxyl groups is 1. The van der Waals surface area contributed by atoms with Gasteiger partial charge in [0, 0.05) is 5.56 Å². The number of hydrogen-bond donors (Lipinski definition) is 1. The molecule has 0 radical (unpaired) electrons. The van der Waals surface area contributed by atoms with E-state index in [4.69, 9.17) is 4.74 Å². The normalized spacial score (nSPS) is 10.5. The minimum Gasteiger partial charge on any atom is -0.479 e. The van der Waals surface area contributed by atoms with Crippen molar-refractivity contribution in [1.29, 1.82) is 0 Å². The fourth-order valence-corrected chi connectivity index (χ4v) is 2.08. The van der Waals surface area contributed by atoms with Gasteiger partial charge in [0.25, 0.3) is 0 Å². The quantitative estimate of drug-likeness (QED) is 0.913. The molecule has 0 atom stereocenters. The molecule has 100 valence electrons. The summed E-state index contributed by atoms with van der Waals surface area (Å²) in [5.41, 5.74) is 3.25. The number of hydrogen-bond acceptors (Lipinski definition) is 5. The van der Waals surface area contributed by atoms with Crippen LogP contribution in [0, 0.1) is 0 Å². The molecule has 1 aromatic carbocycles. The summed E-state index contributed by atoms with van der Waals surface area (Å²) < 4.78 is 4.98. The second-order valence-electron chi connectivity index (χ2n) is 4.10. The Morgan fingerprint density at radius 2 is 1.68 bits per heavy atom. The number of nitrogens with zero attached hydrogens (tertiary/aromatic N) is 3. The first-order valence-electron chi connectivity index (χ1n) is 6.29. The van der Waals surface area contributed by atoms with Crippen molar-refractivity contribution in [1.82, 2.24) is 15.0 Å². The van der Waals surface area contributed by atoms with Gasteiger partial charge < -0.3 is 9.84 Å². The zero-order chi connectivity index (χ0) is 13.8. The molecule has 0 saturated carbocycles. The van der Waals surface area contributed by atoms with Crippen LogP contribution in [0.25, 0.3) is 11.4 Å². The van der Waals surface area contributed by atoms with E-state index in [0.29, 0.717) is 5.82 Å². The molecular weight excluding hydrogens is 242 g/mol. The maximum Gasteiger partial charge on any atom is 0.322 e. The summed E-state index contributed by atoms with van der Waals surface area (Å²) in [5.74, 6) is 0.457. The topological polar surface area (TPSA) is 68.1 Å². The Morgan fingerprint density at radius 3 is 2.21 bits per heavy atom. The number of ether oxygens (including phenoxy) is 1. The van der Waals surface area contributed by atoms with E-state index < -0.39 is 0 Å². The molecule has 0 aliphatic carbocycles. The van der Waals surface area contributed by atoms with E-state index in [1.165, 1.54) is 7.11 Å². The maximum absolute atomic E-state index is 9.57. The second-order valence-corrected chi connectivity index (χ2v) is 4.10. The van der Waals surface area contributed by atoms with Gasteiger partial charge in [0.1, 0.15) is 0 Å². The van der Waals surface area contributed by atoms with Gasteiger partial charge >= 0.3 is 12.0 Å². The van der Waals surface area contributed by atoms with E-state index in [-0.39, 0.29) is 12.0 Å². The number of rotatable bonds is 4. The highest BCUT2D eigenvalue weighted by molar-refractivity contribution is 5.65. The molecule has 0 fully saturated rings. The highest BCUT2D eigenvalue weighted by Crippen LogP contribution is 2.27. The average molecular weight is 259 g/mol. The molecule has 1 aromatic heterocycles. The highest BCUT2D eigenvalue weighted by atomic mass is 16.5. The molecule has 0 amide bonds. The van der Waals surface area contributed by atoms with Crippen LogP contribution < -0.4 is 4.74 Å². The Bertz CT molecular complexity index is 563. The third-order valence-corrected chi connectivity index (χ3v) is 3.01. The third-order valence-electron chi connectivity index (χ3n) is 3.01.